The summed E-state index contributed by atoms with van der Waals surface area (Å²) in [6.07, 6.45) is 1.70. The van der Waals surface area contributed by atoms with Gasteiger partial charge in [0.15, 0.2) is 5.69 Å². The fourth-order valence-corrected chi connectivity index (χ4v) is 2.88. The lowest BCUT2D eigenvalue weighted by atomic mass is 10.2. The van der Waals surface area contributed by atoms with Gasteiger partial charge in [-0.25, -0.2) is 9.37 Å². The molecule has 2 amide bonds. The van der Waals surface area contributed by atoms with E-state index in [1.807, 2.05) is 13.8 Å². The number of pyridine rings is 1. The van der Waals surface area contributed by atoms with Crippen molar-refractivity contribution in [3.05, 3.63) is 71.6 Å². The third kappa shape index (κ3) is 3.81. The van der Waals surface area contributed by atoms with Crippen LogP contribution in [0.2, 0.25) is 0 Å². The average molecular weight is 368 g/mol. The highest BCUT2D eigenvalue weighted by atomic mass is 19.1. The molecule has 0 aliphatic carbocycles. The molecule has 0 aliphatic heterocycles. The van der Waals surface area contributed by atoms with Crippen molar-refractivity contribution in [3.63, 3.8) is 0 Å². The molecule has 0 aliphatic rings. The summed E-state index contributed by atoms with van der Waals surface area (Å²) in [6.45, 7) is 5.16. The number of amides is 2. The van der Waals surface area contributed by atoms with Crippen LogP contribution in [0.4, 0.5) is 4.39 Å². The molecular weight excluding hydrogens is 347 g/mol. The highest BCUT2D eigenvalue weighted by Crippen LogP contribution is 2.16. The first-order chi connectivity index (χ1) is 13.0. The monoisotopic (exact) mass is 368 g/mol. The Kier molecular flexibility index (Phi) is 5.49. The summed E-state index contributed by atoms with van der Waals surface area (Å²) >= 11 is 0. The van der Waals surface area contributed by atoms with E-state index in [1.165, 1.54) is 12.1 Å². The Labute approximate surface area is 156 Å². The minimum Gasteiger partial charge on any atom is -0.345 e. The molecule has 0 saturated carbocycles. The molecule has 1 N–H and O–H groups in total. The largest absolute Gasteiger partial charge is 0.345 e. The Hall–Kier alpha value is -3.22. The zero-order valence-corrected chi connectivity index (χ0v) is 15.3. The lowest BCUT2D eigenvalue weighted by molar-refractivity contribution is 0.0769. The first-order valence-corrected chi connectivity index (χ1v) is 8.84. The summed E-state index contributed by atoms with van der Waals surface area (Å²) in [5.41, 5.74) is 1.61. The molecular formula is C20H21FN4O2. The summed E-state index contributed by atoms with van der Waals surface area (Å²) in [7, 11) is 0. The summed E-state index contributed by atoms with van der Waals surface area (Å²) in [5, 5.41) is 2.77. The smallest absolute Gasteiger partial charge is 0.287 e. The van der Waals surface area contributed by atoms with E-state index in [0.717, 1.165) is 5.56 Å². The van der Waals surface area contributed by atoms with Crippen LogP contribution >= 0.6 is 0 Å². The minimum atomic E-state index is -0.404. The maximum Gasteiger partial charge on any atom is 0.287 e. The molecule has 0 fully saturated rings. The summed E-state index contributed by atoms with van der Waals surface area (Å²) in [5.74, 6) is -0.799. The van der Waals surface area contributed by atoms with Gasteiger partial charge in [0.1, 0.15) is 5.82 Å². The van der Waals surface area contributed by atoms with E-state index >= 15 is 0 Å². The number of nitrogens with one attached hydrogen (secondary N) is 1. The Morgan fingerprint density at radius 1 is 1.11 bits per heavy atom. The highest BCUT2D eigenvalue weighted by Gasteiger charge is 2.23. The molecule has 2 aromatic heterocycles. The third-order valence-electron chi connectivity index (χ3n) is 4.37. The van der Waals surface area contributed by atoms with Gasteiger partial charge in [0.25, 0.3) is 11.8 Å². The van der Waals surface area contributed by atoms with Gasteiger partial charge in [0, 0.05) is 25.8 Å². The van der Waals surface area contributed by atoms with Crippen LogP contribution in [0.25, 0.3) is 5.52 Å². The number of hydrogen-bond acceptors (Lipinski definition) is 3. The first-order valence-electron chi connectivity index (χ1n) is 8.84. The van der Waals surface area contributed by atoms with Crippen molar-refractivity contribution in [1.82, 2.24) is 19.6 Å². The average Bonchev–Trinajstić information content (AvgIpc) is 3.08. The lowest BCUT2D eigenvalue weighted by Gasteiger charge is -2.17. The van der Waals surface area contributed by atoms with Crippen LogP contribution in [0.15, 0.2) is 48.7 Å². The van der Waals surface area contributed by atoms with Gasteiger partial charge < -0.3 is 10.2 Å². The van der Waals surface area contributed by atoms with Crippen molar-refractivity contribution in [2.45, 2.75) is 20.4 Å². The molecule has 6 nitrogen and oxygen atoms in total. The fourth-order valence-electron chi connectivity index (χ4n) is 2.88. The summed E-state index contributed by atoms with van der Waals surface area (Å²) in [6, 6.07) is 11.2. The van der Waals surface area contributed by atoms with Crippen molar-refractivity contribution in [3.8, 4) is 0 Å². The molecule has 3 aromatic rings. The number of benzene rings is 1. The second kappa shape index (κ2) is 7.99. The number of hydrogen-bond donors (Lipinski definition) is 1. The Balaban J connectivity index is 1.88. The van der Waals surface area contributed by atoms with Crippen LogP contribution in [-0.2, 0) is 6.54 Å². The number of rotatable bonds is 6. The quantitative estimate of drug-likeness (QED) is 0.728. The van der Waals surface area contributed by atoms with Gasteiger partial charge in [-0.1, -0.05) is 18.2 Å². The number of fused-ring (bicyclic) bond motifs is 1. The van der Waals surface area contributed by atoms with E-state index in [4.69, 9.17) is 0 Å². The van der Waals surface area contributed by atoms with E-state index in [1.54, 1.807) is 45.8 Å². The molecule has 7 heteroatoms. The molecule has 0 atom stereocenters. The molecule has 27 heavy (non-hydrogen) atoms. The van der Waals surface area contributed by atoms with Crippen molar-refractivity contribution in [2.24, 2.45) is 0 Å². The first kappa shape index (κ1) is 18.6. The maximum atomic E-state index is 13.0. The van der Waals surface area contributed by atoms with Crippen molar-refractivity contribution >= 4 is 17.3 Å². The molecule has 140 valence electrons. The third-order valence-corrected chi connectivity index (χ3v) is 4.37. The number of aromatic nitrogens is 2. The lowest BCUT2D eigenvalue weighted by Crippen LogP contribution is -2.31. The van der Waals surface area contributed by atoms with Crippen molar-refractivity contribution in [2.75, 3.05) is 13.1 Å². The molecule has 0 unspecified atom stereocenters. The molecule has 0 radical (unpaired) electrons. The Bertz CT molecular complexity index is 962. The molecule has 0 spiro atoms. The van der Waals surface area contributed by atoms with Gasteiger partial charge in [-0.2, -0.15) is 0 Å². The Morgan fingerprint density at radius 3 is 2.48 bits per heavy atom. The maximum absolute atomic E-state index is 13.0. The van der Waals surface area contributed by atoms with Crippen LogP contribution in [0.5, 0.6) is 0 Å². The van der Waals surface area contributed by atoms with Crippen LogP contribution < -0.4 is 5.32 Å². The van der Waals surface area contributed by atoms with Gasteiger partial charge in [0.05, 0.1) is 5.52 Å². The molecule has 0 bridgehead atoms. The Morgan fingerprint density at radius 2 is 1.81 bits per heavy atom. The van der Waals surface area contributed by atoms with Crippen LogP contribution in [0.3, 0.4) is 0 Å². The van der Waals surface area contributed by atoms with E-state index in [2.05, 4.69) is 10.3 Å². The van der Waals surface area contributed by atoms with E-state index in [0.29, 0.717) is 18.6 Å². The topological polar surface area (TPSA) is 66.7 Å². The highest BCUT2D eigenvalue weighted by molar-refractivity contribution is 6.02. The van der Waals surface area contributed by atoms with Gasteiger partial charge in [-0.15, -0.1) is 0 Å². The summed E-state index contributed by atoms with van der Waals surface area (Å²) < 4.78 is 14.6. The van der Waals surface area contributed by atoms with Crippen molar-refractivity contribution in [1.29, 1.82) is 0 Å². The second-order valence-electron chi connectivity index (χ2n) is 6.03. The van der Waals surface area contributed by atoms with Gasteiger partial charge in [0.2, 0.25) is 5.82 Å². The zero-order chi connectivity index (χ0) is 19.4. The van der Waals surface area contributed by atoms with Gasteiger partial charge in [-0.05, 0) is 43.7 Å². The van der Waals surface area contributed by atoms with E-state index < -0.39 is 5.91 Å². The number of halogens is 1. The molecule has 0 saturated heterocycles. The number of carbonyl (C=O) groups excluding carboxylic acids is 2. The molecule has 2 heterocycles. The number of carbonyl (C=O) groups is 2. The SMILES string of the molecule is CCN(CC)C(=O)c1nc(C(=O)NCc2ccc(F)cc2)n2ccccc12. The van der Waals surface area contributed by atoms with Gasteiger partial charge in [-0.3, -0.25) is 14.0 Å². The minimum absolute atomic E-state index is 0.142. The zero-order valence-electron chi connectivity index (χ0n) is 15.3. The van der Waals surface area contributed by atoms with Crippen molar-refractivity contribution < 1.29 is 14.0 Å². The van der Waals surface area contributed by atoms with E-state index in [9.17, 15) is 14.0 Å². The molecule has 3 rings (SSSR count). The second-order valence-corrected chi connectivity index (χ2v) is 6.03. The fraction of sp³-hybridized carbons (Fsp3) is 0.250. The van der Waals surface area contributed by atoms with Crippen LogP contribution in [0.1, 0.15) is 40.5 Å². The van der Waals surface area contributed by atoms with Crippen LogP contribution in [-0.4, -0.2) is 39.2 Å². The predicted octanol–water partition coefficient (Wildman–Crippen LogP) is 2.89. The predicted molar refractivity (Wildman–Crippen MR) is 100 cm³/mol. The van der Waals surface area contributed by atoms with Crippen LogP contribution in [0, 0.1) is 5.82 Å². The van der Waals surface area contributed by atoms with E-state index in [-0.39, 0.29) is 29.8 Å². The molecule has 1 aromatic carbocycles. The van der Waals surface area contributed by atoms with Gasteiger partial charge >= 0.3 is 0 Å². The number of nitrogens with zero attached hydrogens (tertiary/aromatic N) is 3. The normalized spacial score (nSPS) is 10.8. The summed E-state index contributed by atoms with van der Waals surface area (Å²) in [4.78, 5) is 31.4. The standard InChI is InChI=1S/C20H21FN4O2/c1-3-24(4-2)20(27)17-16-7-5-6-12-25(16)18(23-17)19(26)22-13-14-8-10-15(21)11-9-14/h5-12H,3-4,13H2,1-2H3,(H,22,26). The number of imidazole rings is 1.